The van der Waals surface area contributed by atoms with E-state index in [2.05, 4.69) is 6.08 Å². The van der Waals surface area contributed by atoms with Gasteiger partial charge in [0, 0.05) is 19.6 Å². The first-order valence-corrected chi connectivity index (χ1v) is 11.1. The average molecular weight is 436 g/mol. The second kappa shape index (κ2) is 9.92. The Morgan fingerprint density at radius 1 is 1.07 bits per heavy atom. The molecule has 5 amide bonds. The average Bonchev–Trinajstić information content (AvgIpc) is 3.17. The molecule has 2 saturated heterocycles. The Morgan fingerprint density at radius 2 is 1.77 bits per heavy atom. The van der Waals surface area contributed by atoms with Crippen LogP contribution < -0.4 is 0 Å². The van der Waals surface area contributed by atoms with E-state index in [1.165, 1.54) is 28.3 Å². The summed E-state index contributed by atoms with van der Waals surface area (Å²) in [6, 6.07) is -0.656. The lowest BCUT2D eigenvalue weighted by Crippen LogP contribution is -2.40. The number of amides is 5. The van der Waals surface area contributed by atoms with E-state index in [-0.39, 0.29) is 37.9 Å². The number of hydrogen-bond donors (Lipinski definition) is 0. The molecular weight excluding hydrogens is 410 g/mol. The lowest BCUT2D eigenvalue weighted by molar-refractivity contribution is -0.143. The van der Waals surface area contributed by atoms with E-state index in [4.69, 9.17) is 4.74 Å². The van der Waals surface area contributed by atoms with E-state index < -0.39 is 23.8 Å². The van der Waals surface area contributed by atoms with Crippen LogP contribution in [0.5, 0.6) is 0 Å². The quantitative estimate of drug-likeness (QED) is 0.188. The fourth-order valence-corrected chi connectivity index (χ4v) is 4.54. The summed E-state index contributed by atoms with van der Waals surface area (Å²) in [5.74, 6) is -2.35. The van der Waals surface area contributed by atoms with E-state index in [9.17, 15) is 24.0 Å². The van der Waals surface area contributed by atoms with E-state index in [1.54, 1.807) is 6.92 Å². The van der Waals surface area contributed by atoms with Crippen LogP contribution in [0.25, 0.3) is 0 Å². The molecule has 0 spiro atoms. The van der Waals surface area contributed by atoms with Gasteiger partial charge in [0.15, 0.2) is 0 Å². The Morgan fingerprint density at radius 3 is 2.43 bits per heavy atom. The Balaban J connectivity index is 1.60. The van der Waals surface area contributed by atoms with Gasteiger partial charge in [-0.25, -0.2) is 9.59 Å². The van der Waals surface area contributed by atoms with Crippen LogP contribution in [0.2, 0.25) is 0 Å². The van der Waals surface area contributed by atoms with Crippen molar-refractivity contribution in [1.29, 1.82) is 0 Å². The van der Waals surface area contributed by atoms with Crippen molar-refractivity contribution in [2.24, 2.45) is 0 Å². The van der Waals surface area contributed by atoms with Crippen molar-refractivity contribution in [1.82, 2.24) is 14.7 Å². The van der Waals surface area contributed by atoms with Gasteiger partial charge < -0.3 is 9.64 Å². The number of rotatable bonds is 8. The molecule has 2 aliphatic heterocycles. The third-order valence-electron chi connectivity index (χ3n) is 5.16. The number of carbonyl (C=O) groups excluding carboxylic acids is 5. The van der Waals surface area contributed by atoms with Gasteiger partial charge >= 0.3 is 23.8 Å². The third kappa shape index (κ3) is 4.92. The molecule has 9 nitrogen and oxygen atoms in total. The van der Waals surface area contributed by atoms with Crippen LogP contribution in [0.1, 0.15) is 39.0 Å². The standard InChI is InChI=1S/C20H25N3O6S/c1-2-29-17(25)12-16-21(15(24)13-30-16)10-11-23-19(27)18(26)22(20(23)28)9-8-14-6-4-3-5-7-14/h6,12H,2-5,7-11,13H2,1H3/b16-12+. The lowest BCUT2D eigenvalue weighted by Gasteiger charge is -2.21. The summed E-state index contributed by atoms with van der Waals surface area (Å²) in [4.78, 5) is 64.2. The van der Waals surface area contributed by atoms with Crippen molar-refractivity contribution in [3.63, 3.8) is 0 Å². The summed E-state index contributed by atoms with van der Waals surface area (Å²) < 4.78 is 4.86. The topological polar surface area (TPSA) is 104 Å². The van der Waals surface area contributed by atoms with E-state index in [0.717, 1.165) is 35.5 Å². The van der Waals surface area contributed by atoms with Crippen LogP contribution in [0.15, 0.2) is 22.8 Å². The number of allylic oxidation sites excluding steroid dienone is 1. The minimum atomic E-state index is -0.882. The minimum Gasteiger partial charge on any atom is -0.463 e. The van der Waals surface area contributed by atoms with Gasteiger partial charge in [-0.3, -0.25) is 24.2 Å². The van der Waals surface area contributed by atoms with Crippen LogP contribution in [-0.4, -0.2) is 76.4 Å². The van der Waals surface area contributed by atoms with Gasteiger partial charge in [0.2, 0.25) is 5.91 Å². The Labute approximate surface area is 179 Å². The van der Waals surface area contributed by atoms with Gasteiger partial charge in [-0.1, -0.05) is 23.4 Å². The molecule has 2 heterocycles. The number of hydrogen-bond acceptors (Lipinski definition) is 7. The van der Waals surface area contributed by atoms with E-state index >= 15 is 0 Å². The third-order valence-corrected chi connectivity index (χ3v) is 6.19. The molecule has 0 saturated carbocycles. The molecule has 30 heavy (non-hydrogen) atoms. The summed E-state index contributed by atoms with van der Waals surface area (Å²) >= 11 is 1.19. The summed E-state index contributed by atoms with van der Waals surface area (Å²) in [6.45, 7) is 1.97. The summed E-state index contributed by atoms with van der Waals surface area (Å²) in [7, 11) is 0. The largest absolute Gasteiger partial charge is 0.463 e. The van der Waals surface area contributed by atoms with Gasteiger partial charge in [-0.2, -0.15) is 0 Å². The van der Waals surface area contributed by atoms with Crippen LogP contribution in [0.4, 0.5) is 4.79 Å². The molecule has 3 rings (SSSR count). The maximum absolute atomic E-state index is 12.6. The molecule has 0 aromatic carbocycles. The number of carbonyl (C=O) groups is 5. The Hall–Kier alpha value is -2.62. The Bertz CT molecular complexity index is 821. The van der Waals surface area contributed by atoms with Gasteiger partial charge in [-0.15, -0.1) is 0 Å². The maximum atomic E-state index is 12.6. The number of nitrogens with zero attached hydrogens (tertiary/aromatic N) is 3. The van der Waals surface area contributed by atoms with Crippen molar-refractivity contribution in [2.45, 2.75) is 39.0 Å². The zero-order valence-electron chi connectivity index (χ0n) is 16.9. The number of imide groups is 2. The molecule has 0 bridgehead atoms. The summed E-state index contributed by atoms with van der Waals surface area (Å²) in [5, 5.41) is 0.407. The first-order chi connectivity index (χ1) is 14.4. The molecule has 0 unspecified atom stereocenters. The van der Waals surface area contributed by atoms with Crippen LogP contribution >= 0.6 is 11.8 Å². The van der Waals surface area contributed by atoms with Crippen molar-refractivity contribution in [2.75, 3.05) is 32.0 Å². The van der Waals surface area contributed by atoms with Crippen molar-refractivity contribution < 1.29 is 28.7 Å². The SMILES string of the molecule is CCOC(=O)/C=C1/SCC(=O)N1CCN1C(=O)C(=O)N(CCC2=CCCCC2)C1=O. The fraction of sp³-hybridized carbons (Fsp3) is 0.550. The molecule has 3 aliphatic rings. The van der Waals surface area contributed by atoms with Crippen LogP contribution in [0, 0.1) is 0 Å². The molecule has 10 heteroatoms. The monoisotopic (exact) mass is 435 g/mol. The highest BCUT2D eigenvalue weighted by Gasteiger charge is 2.44. The predicted molar refractivity (Wildman–Crippen MR) is 109 cm³/mol. The summed E-state index contributed by atoms with van der Waals surface area (Å²) in [5.41, 5.74) is 1.21. The number of urea groups is 1. The zero-order chi connectivity index (χ0) is 21.7. The van der Waals surface area contributed by atoms with Gasteiger partial charge in [-0.05, 0) is 39.0 Å². The van der Waals surface area contributed by atoms with E-state index in [1.807, 2.05) is 0 Å². The first kappa shape index (κ1) is 22.1. The number of thioether (sulfide) groups is 1. The fourth-order valence-electron chi connectivity index (χ4n) is 3.59. The van der Waals surface area contributed by atoms with Gasteiger partial charge in [0.1, 0.15) is 0 Å². The molecule has 162 valence electrons. The molecule has 2 fully saturated rings. The number of esters is 1. The number of ether oxygens (including phenoxy) is 1. The highest BCUT2D eigenvalue weighted by Crippen LogP contribution is 2.29. The lowest BCUT2D eigenvalue weighted by atomic mass is 9.97. The second-order valence-corrected chi connectivity index (χ2v) is 8.12. The molecule has 0 aromatic rings. The molecule has 0 atom stereocenters. The first-order valence-electron chi connectivity index (χ1n) is 10.1. The molecular formula is C20H25N3O6S. The van der Waals surface area contributed by atoms with Crippen LogP contribution in [-0.2, 0) is 23.9 Å². The van der Waals surface area contributed by atoms with Crippen molar-refractivity contribution >= 4 is 41.5 Å². The van der Waals surface area contributed by atoms with Gasteiger partial charge in [0.25, 0.3) is 0 Å². The molecule has 0 N–H and O–H groups in total. The van der Waals surface area contributed by atoms with Crippen LogP contribution in [0.3, 0.4) is 0 Å². The summed E-state index contributed by atoms with van der Waals surface area (Å²) in [6.07, 6.45) is 8.15. The highest BCUT2D eigenvalue weighted by molar-refractivity contribution is 8.04. The van der Waals surface area contributed by atoms with Crippen molar-refractivity contribution in [3.8, 4) is 0 Å². The van der Waals surface area contributed by atoms with Crippen molar-refractivity contribution in [3.05, 3.63) is 22.8 Å². The van der Waals surface area contributed by atoms with Gasteiger partial charge in [0.05, 0.1) is 23.5 Å². The Kier molecular flexibility index (Phi) is 7.30. The highest BCUT2D eigenvalue weighted by atomic mass is 32.2. The maximum Gasteiger partial charge on any atom is 0.334 e. The molecule has 0 radical (unpaired) electrons. The minimum absolute atomic E-state index is 0.0147. The molecule has 1 aliphatic carbocycles. The predicted octanol–water partition coefficient (Wildman–Crippen LogP) is 1.65. The smallest absolute Gasteiger partial charge is 0.334 e. The normalized spacial score (nSPS) is 21.2. The second-order valence-electron chi connectivity index (χ2n) is 7.12. The molecule has 0 aromatic heterocycles. The van der Waals surface area contributed by atoms with E-state index in [0.29, 0.717) is 11.4 Å². The zero-order valence-corrected chi connectivity index (χ0v) is 17.7.